The van der Waals surface area contributed by atoms with Gasteiger partial charge in [-0.3, -0.25) is 0 Å². The van der Waals surface area contributed by atoms with E-state index in [1.807, 2.05) is 11.8 Å². The van der Waals surface area contributed by atoms with Crippen LogP contribution in [0, 0.1) is 5.92 Å². The Morgan fingerprint density at radius 2 is 1.93 bits per heavy atom. The van der Waals surface area contributed by atoms with E-state index in [1.54, 1.807) is 11.8 Å². The zero-order chi connectivity index (χ0) is 11.3. The summed E-state index contributed by atoms with van der Waals surface area (Å²) in [4.78, 5) is 2.66. The van der Waals surface area contributed by atoms with Crippen molar-refractivity contribution in [2.75, 3.05) is 12.0 Å². The first kappa shape index (κ1) is 12.9. The summed E-state index contributed by atoms with van der Waals surface area (Å²) < 4.78 is 0. The fraction of sp³-hybridized carbons (Fsp3) is 0.500. The van der Waals surface area contributed by atoms with Gasteiger partial charge in [-0.05, 0) is 29.9 Å². The van der Waals surface area contributed by atoms with E-state index in [9.17, 15) is 0 Å². The first-order valence-corrected chi connectivity index (χ1v) is 7.38. The highest BCUT2D eigenvalue weighted by Gasteiger charge is 2.07. The van der Waals surface area contributed by atoms with Crippen LogP contribution in [-0.2, 0) is 6.54 Å². The molecule has 0 aromatic heterocycles. The van der Waals surface area contributed by atoms with E-state index in [-0.39, 0.29) is 0 Å². The van der Waals surface area contributed by atoms with Gasteiger partial charge in [-0.1, -0.05) is 19.9 Å². The lowest BCUT2D eigenvalue weighted by molar-refractivity contribution is 0.750. The van der Waals surface area contributed by atoms with Crippen molar-refractivity contribution >= 4 is 23.5 Å². The average molecular weight is 241 g/mol. The summed E-state index contributed by atoms with van der Waals surface area (Å²) in [5.41, 5.74) is 7.11. The Morgan fingerprint density at radius 1 is 1.27 bits per heavy atom. The van der Waals surface area contributed by atoms with Crippen molar-refractivity contribution in [2.24, 2.45) is 11.7 Å². The number of benzene rings is 1. The van der Waals surface area contributed by atoms with Crippen molar-refractivity contribution in [3.05, 3.63) is 23.8 Å². The zero-order valence-electron chi connectivity index (χ0n) is 9.62. The summed E-state index contributed by atoms with van der Waals surface area (Å²) >= 11 is 3.69. The Labute approximate surface area is 101 Å². The molecule has 0 saturated heterocycles. The molecular formula is C12H19NS2. The molecule has 0 radical (unpaired) electrons. The van der Waals surface area contributed by atoms with Crippen molar-refractivity contribution in [1.29, 1.82) is 0 Å². The zero-order valence-corrected chi connectivity index (χ0v) is 11.3. The number of rotatable bonds is 5. The molecule has 0 unspecified atom stereocenters. The summed E-state index contributed by atoms with van der Waals surface area (Å²) in [5, 5.41) is 0. The third kappa shape index (κ3) is 3.74. The Morgan fingerprint density at radius 3 is 2.47 bits per heavy atom. The Bertz CT molecular complexity index is 310. The van der Waals surface area contributed by atoms with Crippen LogP contribution in [0.25, 0.3) is 0 Å². The lowest BCUT2D eigenvalue weighted by Crippen LogP contribution is -2.01. The molecule has 0 atom stereocenters. The summed E-state index contributed by atoms with van der Waals surface area (Å²) in [6.07, 6.45) is 2.10. The van der Waals surface area contributed by atoms with Crippen molar-refractivity contribution in [2.45, 2.75) is 30.2 Å². The minimum atomic E-state index is 0.636. The average Bonchev–Trinajstić information content (AvgIpc) is 2.25. The van der Waals surface area contributed by atoms with E-state index in [1.165, 1.54) is 15.4 Å². The second kappa shape index (κ2) is 6.46. The summed E-state index contributed by atoms with van der Waals surface area (Å²) in [6, 6.07) is 6.44. The monoisotopic (exact) mass is 241 g/mol. The predicted molar refractivity (Wildman–Crippen MR) is 71.7 cm³/mol. The van der Waals surface area contributed by atoms with Crippen LogP contribution in [0.2, 0.25) is 0 Å². The molecule has 0 fully saturated rings. The maximum Gasteiger partial charge on any atom is 0.0200 e. The molecule has 1 nitrogen and oxygen atoms in total. The van der Waals surface area contributed by atoms with Crippen LogP contribution >= 0.6 is 23.5 Å². The van der Waals surface area contributed by atoms with Gasteiger partial charge in [0.05, 0.1) is 0 Å². The summed E-state index contributed by atoms with van der Waals surface area (Å²) in [7, 11) is 0. The molecule has 0 bridgehead atoms. The van der Waals surface area contributed by atoms with Crippen LogP contribution in [0.5, 0.6) is 0 Å². The Balaban J connectivity index is 2.86. The van der Waals surface area contributed by atoms with Crippen LogP contribution in [0.4, 0.5) is 0 Å². The quantitative estimate of drug-likeness (QED) is 0.797. The molecule has 0 amide bonds. The van der Waals surface area contributed by atoms with Crippen molar-refractivity contribution in [1.82, 2.24) is 0 Å². The largest absolute Gasteiger partial charge is 0.326 e. The van der Waals surface area contributed by atoms with Gasteiger partial charge in [-0.25, -0.2) is 0 Å². The lowest BCUT2D eigenvalue weighted by atomic mass is 10.2. The molecule has 1 rings (SSSR count). The van der Waals surface area contributed by atoms with Gasteiger partial charge in [-0.15, -0.1) is 23.5 Å². The van der Waals surface area contributed by atoms with Gasteiger partial charge in [0, 0.05) is 22.1 Å². The van der Waals surface area contributed by atoms with Gasteiger partial charge in [0.1, 0.15) is 0 Å². The van der Waals surface area contributed by atoms with Crippen LogP contribution in [0.15, 0.2) is 28.0 Å². The van der Waals surface area contributed by atoms with Gasteiger partial charge >= 0.3 is 0 Å². The van der Waals surface area contributed by atoms with Gasteiger partial charge in [0.15, 0.2) is 0 Å². The van der Waals surface area contributed by atoms with Crippen LogP contribution in [-0.4, -0.2) is 12.0 Å². The number of thioether (sulfide) groups is 2. The molecule has 0 aliphatic carbocycles. The minimum Gasteiger partial charge on any atom is -0.326 e. The summed E-state index contributed by atoms with van der Waals surface area (Å²) in [6.45, 7) is 5.12. The fourth-order valence-electron chi connectivity index (χ4n) is 1.33. The fourth-order valence-corrected chi connectivity index (χ4v) is 3.10. The highest BCUT2D eigenvalue weighted by Crippen LogP contribution is 2.30. The molecule has 0 aliphatic rings. The SMILES string of the molecule is CSc1cccc(SCC(C)C)c1CN. The molecule has 3 heteroatoms. The lowest BCUT2D eigenvalue weighted by Gasteiger charge is -2.12. The van der Waals surface area contributed by atoms with Gasteiger partial charge in [-0.2, -0.15) is 0 Å². The molecule has 1 aromatic carbocycles. The molecule has 15 heavy (non-hydrogen) atoms. The second-order valence-corrected chi connectivity index (χ2v) is 5.76. The maximum atomic E-state index is 5.81. The van der Waals surface area contributed by atoms with E-state index in [0.29, 0.717) is 6.54 Å². The number of nitrogens with two attached hydrogens (primary N) is 1. The molecule has 0 heterocycles. The molecule has 84 valence electrons. The molecule has 0 aliphatic heterocycles. The molecule has 0 spiro atoms. The van der Waals surface area contributed by atoms with Gasteiger partial charge in [0.2, 0.25) is 0 Å². The normalized spacial score (nSPS) is 11.0. The summed E-state index contributed by atoms with van der Waals surface area (Å²) in [5.74, 6) is 1.88. The van der Waals surface area contributed by atoms with Gasteiger partial charge in [0.25, 0.3) is 0 Å². The smallest absolute Gasteiger partial charge is 0.0200 e. The third-order valence-electron chi connectivity index (χ3n) is 2.09. The highest BCUT2D eigenvalue weighted by atomic mass is 32.2. The van der Waals surface area contributed by atoms with Gasteiger partial charge < -0.3 is 5.73 Å². The molecule has 1 aromatic rings. The minimum absolute atomic E-state index is 0.636. The predicted octanol–water partition coefficient (Wildman–Crippen LogP) is 3.62. The molecule has 2 N–H and O–H groups in total. The number of hydrogen-bond donors (Lipinski definition) is 1. The second-order valence-electron chi connectivity index (χ2n) is 3.85. The van der Waals surface area contributed by atoms with Crippen molar-refractivity contribution in [3.63, 3.8) is 0 Å². The standard InChI is InChI=1S/C12H19NS2/c1-9(2)8-15-12-6-4-5-11(14-3)10(12)7-13/h4-6,9H,7-8,13H2,1-3H3. The van der Waals surface area contributed by atoms with Crippen molar-refractivity contribution < 1.29 is 0 Å². The highest BCUT2D eigenvalue weighted by molar-refractivity contribution is 7.99. The first-order valence-electron chi connectivity index (χ1n) is 5.17. The van der Waals surface area contributed by atoms with E-state index in [0.717, 1.165) is 11.7 Å². The third-order valence-corrected chi connectivity index (χ3v) is 4.44. The van der Waals surface area contributed by atoms with Crippen LogP contribution in [0.3, 0.4) is 0 Å². The van der Waals surface area contributed by atoms with Crippen LogP contribution < -0.4 is 5.73 Å². The molecule has 0 saturated carbocycles. The maximum absolute atomic E-state index is 5.81. The van der Waals surface area contributed by atoms with E-state index < -0.39 is 0 Å². The van der Waals surface area contributed by atoms with Crippen molar-refractivity contribution in [3.8, 4) is 0 Å². The first-order chi connectivity index (χ1) is 7.19. The topological polar surface area (TPSA) is 26.0 Å². The Kier molecular flexibility index (Phi) is 5.58. The van der Waals surface area contributed by atoms with Crippen LogP contribution in [0.1, 0.15) is 19.4 Å². The number of hydrogen-bond acceptors (Lipinski definition) is 3. The van der Waals surface area contributed by atoms with E-state index in [4.69, 9.17) is 5.73 Å². The van der Waals surface area contributed by atoms with E-state index >= 15 is 0 Å². The van der Waals surface area contributed by atoms with E-state index in [2.05, 4.69) is 38.3 Å². The molecular weight excluding hydrogens is 222 g/mol. The Hall–Kier alpha value is -0.120.